The maximum absolute atomic E-state index is 11.9. The van der Waals surface area contributed by atoms with Crippen molar-refractivity contribution >= 4 is 10.9 Å². The number of aryl methyl sites for hydroxylation is 2. The van der Waals surface area contributed by atoms with Gasteiger partial charge in [0.2, 0.25) is 0 Å². The van der Waals surface area contributed by atoms with Gasteiger partial charge in [0.25, 0.3) is 5.56 Å². The zero-order valence-electron chi connectivity index (χ0n) is 9.27. The lowest BCUT2D eigenvalue weighted by molar-refractivity contribution is 0.776. The standard InChI is InChI=1S/C13H12N2O/c1-9-7-11-5-3-4-6-12(11)15-13(16)8-10(2)14(9)15/h3-8H,1-2H3. The molecule has 0 saturated carbocycles. The van der Waals surface area contributed by atoms with Crippen LogP contribution in [0.1, 0.15) is 11.4 Å². The first-order valence-corrected chi connectivity index (χ1v) is 5.28. The minimum Gasteiger partial charge on any atom is -0.267 e. The number of nitrogens with zero attached hydrogens (tertiary/aromatic N) is 2. The first-order chi connectivity index (χ1) is 7.68. The van der Waals surface area contributed by atoms with E-state index in [9.17, 15) is 4.79 Å². The van der Waals surface area contributed by atoms with Crippen molar-refractivity contribution in [3.8, 4) is 0 Å². The van der Waals surface area contributed by atoms with Crippen LogP contribution < -0.4 is 5.56 Å². The average molecular weight is 212 g/mol. The van der Waals surface area contributed by atoms with E-state index in [-0.39, 0.29) is 5.56 Å². The Hall–Kier alpha value is -2.03. The molecule has 3 rings (SSSR count). The van der Waals surface area contributed by atoms with Gasteiger partial charge in [0, 0.05) is 22.8 Å². The highest BCUT2D eigenvalue weighted by atomic mass is 16.1. The topological polar surface area (TPSA) is 25.9 Å². The van der Waals surface area contributed by atoms with Gasteiger partial charge in [0.15, 0.2) is 0 Å². The molecule has 0 bridgehead atoms. The van der Waals surface area contributed by atoms with Crippen LogP contribution in [-0.4, -0.2) is 9.03 Å². The van der Waals surface area contributed by atoms with Crippen molar-refractivity contribution in [1.29, 1.82) is 0 Å². The second kappa shape index (κ2) is 2.98. The fourth-order valence-electron chi connectivity index (χ4n) is 2.31. The number of hydrogen-bond acceptors (Lipinski definition) is 1. The summed E-state index contributed by atoms with van der Waals surface area (Å²) in [5.74, 6) is 0. The summed E-state index contributed by atoms with van der Waals surface area (Å²) in [4.78, 5) is 11.9. The number of fused-ring (bicyclic) bond motifs is 3. The van der Waals surface area contributed by atoms with Gasteiger partial charge in [-0.2, -0.15) is 0 Å². The fourth-order valence-corrected chi connectivity index (χ4v) is 2.31. The highest BCUT2D eigenvalue weighted by Crippen LogP contribution is 2.15. The average Bonchev–Trinajstić information content (AvgIpc) is 2.55. The van der Waals surface area contributed by atoms with E-state index in [1.165, 1.54) is 0 Å². The van der Waals surface area contributed by atoms with E-state index in [0.29, 0.717) is 0 Å². The quantitative estimate of drug-likeness (QED) is 0.560. The van der Waals surface area contributed by atoms with Gasteiger partial charge in [0.05, 0.1) is 5.52 Å². The van der Waals surface area contributed by atoms with E-state index in [1.54, 1.807) is 10.6 Å². The molecule has 0 aliphatic heterocycles. The minimum atomic E-state index is 0.0254. The van der Waals surface area contributed by atoms with Crippen LogP contribution in [0, 0.1) is 13.8 Å². The highest BCUT2D eigenvalue weighted by Gasteiger charge is 2.07. The second-order valence-electron chi connectivity index (χ2n) is 4.09. The summed E-state index contributed by atoms with van der Waals surface area (Å²) in [6, 6.07) is 11.7. The van der Waals surface area contributed by atoms with Crippen LogP contribution in [0.15, 0.2) is 41.2 Å². The van der Waals surface area contributed by atoms with Crippen molar-refractivity contribution < 1.29 is 0 Å². The van der Waals surface area contributed by atoms with Gasteiger partial charge in [-0.1, -0.05) is 18.2 Å². The second-order valence-corrected chi connectivity index (χ2v) is 4.09. The first-order valence-electron chi connectivity index (χ1n) is 5.28. The third-order valence-corrected chi connectivity index (χ3v) is 2.94. The molecular formula is C13H12N2O. The van der Waals surface area contributed by atoms with Crippen molar-refractivity contribution in [3.63, 3.8) is 0 Å². The molecule has 0 saturated heterocycles. The molecule has 2 aromatic heterocycles. The summed E-state index contributed by atoms with van der Waals surface area (Å²) in [5.41, 5.74) is 3.01. The minimum absolute atomic E-state index is 0.0254. The molecule has 0 atom stereocenters. The van der Waals surface area contributed by atoms with E-state index in [0.717, 1.165) is 22.3 Å². The van der Waals surface area contributed by atoms with Crippen LogP contribution >= 0.6 is 0 Å². The lowest BCUT2D eigenvalue weighted by atomic mass is 10.2. The molecule has 3 heteroatoms. The molecule has 3 aromatic rings. The molecule has 0 unspecified atom stereocenters. The highest BCUT2D eigenvalue weighted by molar-refractivity contribution is 5.78. The Balaban J connectivity index is 2.74. The third kappa shape index (κ3) is 1.05. The van der Waals surface area contributed by atoms with Crippen LogP contribution in [0.3, 0.4) is 0 Å². The van der Waals surface area contributed by atoms with Crippen molar-refractivity contribution in [3.05, 3.63) is 58.1 Å². The van der Waals surface area contributed by atoms with Crippen LogP contribution in [0.5, 0.6) is 0 Å². The summed E-state index contributed by atoms with van der Waals surface area (Å²) in [6.45, 7) is 3.96. The van der Waals surface area contributed by atoms with E-state index >= 15 is 0 Å². The summed E-state index contributed by atoms with van der Waals surface area (Å²) in [6.07, 6.45) is 0. The molecule has 0 aliphatic carbocycles. The van der Waals surface area contributed by atoms with Gasteiger partial charge in [-0.15, -0.1) is 0 Å². The van der Waals surface area contributed by atoms with Crippen molar-refractivity contribution in [1.82, 2.24) is 9.03 Å². The van der Waals surface area contributed by atoms with E-state index < -0.39 is 0 Å². The molecule has 3 nitrogen and oxygen atoms in total. The summed E-state index contributed by atoms with van der Waals surface area (Å²) >= 11 is 0. The van der Waals surface area contributed by atoms with Crippen LogP contribution in [-0.2, 0) is 0 Å². The molecule has 0 aliphatic rings. The smallest absolute Gasteiger partial charge is 0.267 e. The number of para-hydroxylation sites is 1. The van der Waals surface area contributed by atoms with Crippen molar-refractivity contribution in [2.75, 3.05) is 0 Å². The Bertz CT molecular complexity index is 750. The lowest BCUT2D eigenvalue weighted by Gasteiger charge is -2.08. The van der Waals surface area contributed by atoms with E-state index in [1.807, 2.05) is 42.6 Å². The first kappa shape index (κ1) is 9.21. The Kier molecular flexibility index (Phi) is 1.72. The number of hydrogen-bond donors (Lipinski definition) is 0. The lowest BCUT2D eigenvalue weighted by Crippen LogP contribution is -2.13. The van der Waals surface area contributed by atoms with Gasteiger partial charge in [0.1, 0.15) is 0 Å². The fraction of sp³-hybridized carbons (Fsp3) is 0.154. The molecule has 80 valence electrons. The number of aromatic nitrogens is 2. The predicted octanol–water partition coefficient (Wildman–Crippen LogP) is 2.17. The number of benzene rings is 1. The normalized spacial score (nSPS) is 11.4. The molecule has 16 heavy (non-hydrogen) atoms. The molecule has 2 heterocycles. The van der Waals surface area contributed by atoms with Crippen LogP contribution in [0.2, 0.25) is 0 Å². The Labute approximate surface area is 92.5 Å². The molecule has 0 amide bonds. The van der Waals surface area contributed by atoms with Gasteiger partial charge in [-0.05, 0) is 26.0 Å². The van der Waals surface area contributed by atoms with Gasteiger partial charge < -0.3 is 0 Å². The van der Waals surface area contributed by atoms with E-state index in [4.69, 9.17) is 0 Å². The zero-order chi connectivity index (χ0) is 11.3. The largest absolute Gasteiger partial charge is 0.271 e. The van der Waals surface area contributed by atoms with Crippen molar-refractivity contribution in [2.24, 2.45) is 0 Å². The monoisotopic (exact) mass is 212 g/mol. The summed E-state index contributed by atoms with van der Waals surface area (Å²) < 4.78 is 3.67. The van der Waals surface area contributed by atoms with Crippen molar-refractivity contribution in [2.45, 2.75) is 13.8 Å². The molecule has 0 fully saturated rings. The van der Waals surface area contributed by atoms with Crippen LogP contribution in [0.4, 0.5) is 0 Å². The third-order valence-electron chi connectivity index (χ3n) is 2.94. The molecular weight excluding hydrogens is 200 g/mol. The maximum Gasteiger partial charge on any atom is 0.271 e. The molecule has 0 radical (unpaired) electrons. The Morgan fingerprint density at radius 1 is 0.938 bits per heavy atom. The van der Waals surface area contributed by atoms with Gasteiger partial charge >= 0.3 is 0 Å². The number of rotatable bonds is 0. The Morgan fingerprint density at radius 2 is 1.62 bits per heavy atom. The summed E-state index contributed by atoms with van der Waals surface area (Å²) in [5, 5.41) is 1.09. The molecule has 0 N–H and O–H groups in total. The SMILES string of the molecule is Cc1cc(=O)n2c3ccccc3cc(C)n12. The molecule has 0 spiro atoms. The van der Waals surface area contributed by atoms with Crippen LogP contribution in [0.25, 0.3) is 10.9 Å². The Morgan fingerprint density at radius 3 is 2.44 bits per heavy atom. The van der Waals surface area contributed by atoms with Gasteiger partial charge in [-0.25, -0.2) is 4.52 Å². The maximum atomic E-state index is 11.9. The predicted molar refractivity (Wildman–Crippen MR) is 64.1 cm³/mol. The van der Waals surface area contributed by atoms with Gasteiger partial charge in [-0.3, -0.25) is 9.31 Å². The summed E-state index contributed by atoms with van der Waals surface area (Å²) in [7, 11) is 0. The zero-order valence-corrected chi connectivity index (χ0v) is 9.27. The van der Waals surface area contributed by atoms with E-state index in [2.05, 4.69) is 6.07 Å². The molecule has 1 aromatic carbocycles.